The van der Waals surface area contributed by atoms with Crippen LogP contribution in [0.25, 0.3) is 0 Å². The molecule has 150 valence electrons. The van der Waals surface area contributed by atoms with Gasteiger partial charge in [0.2, 0.25) is 5.91 Å². The fraction of sp³-hybridized carbons (Fsp3) is 0.619. The largest absolute Gasteiger partial charge is 0.381 e. The second-order valence-corrected chi connectivity index (χ2v) is 8.37. The number of rotatable bonds is 2. The van der Waals surface area contributed by atoms with Crippen LogP contribution in [0.1, 0.15) is 35.8 Å². The predicted molar refractivity (Wildman–Crippen MR) is 102 cm³/mol. The number of nitrogens with zero attached hydrogens (tertiary/aromatic N) is 2. The Bertz CT molecular complexity index is 741. The summed E-state index contributed by atoms with van der Waals surface area (Å²) in [5.41, 5.74) is 2.66. The van der Waals surface area contributed by atoms with Crippen LogP contribution < -0.4 is 5.32 Å². The van der Waals surface area contributed by atoms with Crippen LogP contribution in [0.3, 0.4) is 0 Å². The summed E-state index contributed by atoms with van der Waals surface area (Å²) in [6, 6.07) is 8.85. The first-order chi connectivity index (χ1) is 13.7. The quantitative estimate of drug-likeness (QED) is 0.833. The molecule has 1 aromatic carbocycles. The summed E-state index contributed by atoms with van der Waals surface area (Å²) in [6.07, 6.45) is 1.92. The summed E-state index contributed by atoms with van der Waals surface area (Å²) in [6.45, 7) is 4.57. The van der Waals surface area contributed by atoms with Gasteiger partial charge in [0.1, 0.15) is 6.61 Å². The second kappa shape index (κ2) is 7.37. The normalized spacial score (nSPS) is 30.6. The van der Waals surface area contributed by atoms with Gasteiger partial charge in [-0.3, -0.25) is 4.79 Å². The Labute approximate surface area is 165 Å². The van der Waals surface area contributed by atoms with Gasteiger partial charge >= 0.3 is 6.03 Å². The van der Waals surface area contributed by atoms with Gasteiger partial charge in [0.05, 0.1) is 18.8 Å². The van der Waals surface area contributed by atoms with E-state index in [1.807, 2.05) is 9.80 Å². The molecule has 0 radical (unpaired) electrons. The highest BCUT2D eigenvalue weighted by Crippen LogP contribution is 2.31. The Morgan fingerprint density at radius 1 is 1.00 bits per heavy atom. The van der Waals surface area contributed by atoms with Crippen molar-refractivity contribution in [3.8, 4) is 0 Å². The van der Waals surface area contributed by atoms with E-state index in [-0.39, 0.29) is 30.7 Å². The van der Waals surface area contributed by atoms with E-state index in [0.717, 1.165) is 39.1 Å². The van der Waals surface area contributed by atoms with Crippen LogP contribution in [-0.4, -0.2) is 79.9 Å². The molecule has 4 saturated heterocycles. The van der Waals surface area contributed by atoms with E-state index in [0.29, 0.717) is 24.9 Å². The molecule has 3 atom stereocenters. The molecule has 28 heavy (non-hydrogen) atoms. The number of benzene rings is 1. The maximum Gasteiger partial charge on any atom is 0.320 e. The van der Waals surface area contributed by atoms with Crippen molar-refractivity contribution in [1.29, 1.82) is 0 Å². The maximum absolute atomic E-state index is 12.8. The number of amides is 3. The topological polar surface area (TPSA) is 71.1 Å². The standard InChI is InChI=1S/C21H27N3O4/c25-20-13-28-19-5-7-23(11-18(19)22-20)21(26)24-9-17(10-24)15-3-1-14(2-4-15)16-6-8-27-12-16/h1-4,16-19H,5-13H2,(H,22,25)/t16-,18+,19-/m0/s1. The molecule has 7 nitrogen and oxygen atoms in total. The zero-order chi connectivity index (χ0) is 19.1. The Balaban J connectivity index is 1.14. The molecule has 5 rings (SSSR count). The predicted octanol–water partition coefficient (Wildman–Crippen LogP) is 1.30. The van der Waals surface area contributed by atoms with E-state index < -0.39 is 0 Å². The molecule has 0 bridgehead atoms. The van der Waals surface area contributed by atoms with Crippen molar-refractivity contribution in [2.75, 3.05) is 46.0 Å². The Kier molecular flexibility index (Phi) is 4.72. The molecule has 1 aromatic rings. The van der Waals surface area contributed by atoms with Gasteiger partial charge in [0.15, 0.2) is 0 Å². The highest BCUT2D eigenvalue weighted by Gasteiger charge is 2.40. The first kappa shape index (κ1) is 17.9. The number of carbonyl (C=O) groups is 2. The van der Waals surface area contributed by atoms with Crippen molar-refractivity contribution in [3.63, 3.8) is 0 Å². The smallest absolute Gasteiger partial charge is 0.320 e. The molecule has 0 aliphatic carbocycles. The molecule has 0 aromatic heterocycles. The summed E-state index contributed by atoms with van der Waals surface area (Å²) in [5, 5.41) is 2.96. The summed E-state index contributed by atoms with van der Waals surface area (Å²) in [7, 11) is 0. The molecule has 7 heteroatoms. The average molecular weight is 385 g/mol. The Morgan fingerprint density at radius 2 is 1.75 bits per heavy atom. The SMILES string of the molecule is O=C1CO[C@H]2CCN(C(=O)N3CC(c4ccc([C@H]5CCOC5)cc4)C3)C[C@H]2N1. The zero-order valence-corrected chi connectivity index (χ0v) is 16.0. The lowest BCUT2D eigenvalue weighted by atomic mass is 9.89. The molecule has 0 unspecified atom stereocenters. The third-order valence-electron chi connectivity index (χ3n) is 6.56. The van der Waals surface area contributed by atoms with Crippen LogP contribution >= 0.6 is 0 Å². The van der Waals surface area contributed by atoms with Crippen LogP contribution in [0.2, 0.25) is 0 Å². The number of likely N-dealkylation sites (tertiary alicyclic amines) is 2. The molecular weight excluding hydrogens is 358 g/mol. The van der Waals surface area contributed by atoms with Gasteiger partial charge in [-0.15, -0.1) is 0 Å². The molecule has 3 amide bonds. The minimum Gasteiger partial charge on any atom is -0.381 e. The number of carbonyl (C=O) groups excluding carboxylic acids is 2. The summed E-state index contributed by atoms with van der Waals surface area (Å²) >= 11 is 0. The van der Waals surface area contributed by atoms with Crippen molar-refractivity contribution in [3.05, 3.63) is 35.4 Å². The number of hydrogen-bond donors (Lipinski definition) is 1. The number of piperidine rings is 1. The zero-order valence-electron chi connectivity index (χ0n) is 16.0. The molecule has 1 N–H and O–H groups in total. The number of ether oxygens (including phenoxy) is 2. The molecule has 0 spiro atoms. The van der Waals surface area contributed by atoms with E-state index in [4.69, 9.17) is 9.47 Å². The van der Waals surface area contributed by atoms with Gasteiger partial charge in [-0.2, -0.15) is 0 Å². The number of morpholine rings is 1. The van der Waals surface area contributed by atoms with Gasteiger partial charge in [0.25, 0.3) is 0 Å². The summed E-state index contributed by atoms with van der Waals surface area (Å²) in [5.74, 6) is 0.848. The van der Waals surface area contributed by atoms with Gasteiger partial charge in [-0.1, -0.05) is 24.3 Å². The van der Waals surface area contributed by atoms with Crippen molar-refractivity contribution in [1.82, 2.24) is 15.1 Å². The minimum atomic E-state index is -0.0906. The molecule has 4 fully saturated rings. The highest BCUT2D eigenvalue weighted by atomic mass is 16.5. The lowest BCUT2D eigenvalue weighted by Crippen LogP contribution is -2.63. The van der Waals surface area contributed by atoms with E-state index in [1.165, 1.54) is 11.1 Å². The first-order valence-electron chi connectivity index (χ1n) is 10.3. The van der Waals surface area contributed by atoms with Gasteiger partial charge in [-0.25, -0.2) is 4.79 Å². The van der Waals surface area contributed by atoms with Gasteiger partial charge < -0.3 is 24.6 Å². The number of nitrogens with one attached hydrogen (secondary N) is 1. The van der Waals surface area contributed by atoms with Crippen LogP contribution in [0.15, 0.2) is 24.3 Å². The highest BCUT2D eigenvalue weighted by molar-refractivity contribution is 5.79. The fourth-order valence-corrected chi connectivity index (χ4v) is 4.76. The summed E-state index contributed by atoms with van der Waals surface area (Å²) < 4.78 is 11.1. The number of hydrogen-bond acceptors (Lipinski definition) is 4. The van der Waals surface area contributed by atoms with E-state index in [2.05, 4.69) is 29.6 Å². The van der Waals surface area contributed by atoms with Crippen molar-refractivity contribution >= 4 is 11.9 Å². The molecule has 0 saturated carbocycles. The molecule has 4 aliphatic rings. The van der Waals surface area contributed by atoms with Crippen LogP contribution in [0, 0.1) is 0 Å². The second-order valence-electron chi connectivity index (χ2n) is 8.37. The van der Waals surface area contributed by atoms with E-state index >= 15 is 0 Å². The Morgan fingerprint density at radius 3 is 2.46 bits per heavy atom. The molecular formula is C21H27N3O4. The molecule has 4 heterocycles. The van der Waals surface area contributed by atoms with E-state index in [1.54, 1.807) is 0 Å². The first-order valence-corrected chi connectivity index (χ1v) is 10.3. The van der Waals surface area contributed by atoms with Crippen LogP contribution in [0.5, 0.6) is 0 Å². The van der Waals surface area contributed by atoms with Gasteiger partial charge in [0, 0.05) is 44.6 Å². The van der Waals surface area contributed by atoms with Crippen molar-refractivity contribution < 1.29 is 19.1 Å². The number of urea groups is 1. The number of fused-ring (bicyclic) bond motifs is 1. The van der Waals surface area contributed by atoms with Gasteiger partial charge in [-0.05, 0) is 24.0 Å². The van der Waals surface area contributed by atoms with E-state index in [9.17, 15) is 9.59 Å². The van der Waals surface area contributed by atoms with Crippen molar-refractivity contribution in [2.24, 2.45) is 0 Å². The fourth-order valence-electron chi connectivity index (χ4n) is 4.76. The third kappa shape index (κ3) is 3.37. The van der Waals surface area contributed by atoms with Crippen molar-refractivity contribution in [2.45, 2.75) is 36.8 Å². The Hall–Kier alpha value is -2.12. The van der Waals surface area contributed by atoms with Crippen LogP contribution in [-0.2, 0) is 14.3 Å². The van der Waals surface area contributed by atoms with Crippen LogP contribution in [0.4, 0.5) is 4.79 Å². The average Bonchev–Trinajstić information content (AvgIpc) is 3.21. The minimum absolute atomic E-state index is 0.0367. The lowest BCUT2D eigenvalue weighted by Gasteiger charge is -2.46. The summed E-state index contributed by atoms with van der Waals surface area (Å²) in [4.78, 5) is 28.1. The maximum atomic E-state index is 12.8. The molecule has 4 aliphatic heterocycles. The monoisotopic (exact) mass is 385 g/mol. The lowest BCUT2D eigenvalue weighted by molar-refractivity contribution is -0.139. The third-order valence-corrected chi connectivity index (χ3v) is 6.56.